The first-order valence-corrected chi connectivity index (χ1v) is 6.46. The zero-order valence-electron chi connectivity index (χ0n) is 10.8. The van der Waals surface area contributed by atoms with Crippen molar-refractivity contribution in [3.8, 4) is 0 Å². The molecule has 0 spiro atoms. The Bertz CT molecular complexity index is 410. The van der Waals surface area contributed by atoms with E-state index in [1.165, 1.54) is 0 Å². The monoisotopic (exact) mass is 266 g/mol. The van der Waals surface area contributed by atoms with Gasteiger partial charge in [-0.3, -0.25) is 0 Å². The molecule has 1 aromatic carbocycles. The molecule has 3 rings (SSSR count). The summed E-state index contributed by atoms with van der Waals surface area (Å²) in [5.74, 6) is 0. The minimum absolute atomic E-state index is 0.284. The Morgan fingerprint density at radius 1 is 1.21 bits per heavy atom. The van der Waals surface area contributed by atoms with Gasteiger partial charge >= 0.3 is 0 Å². The second kappa shape index (κ2) is 5.56. The molecule has 104 valence electrons. The third kappa shape index (κ3) is 2.66. The van der Waals surface area contributed by atoms with Crippen LogP contribution in [0.5, 0.6) is 0 Å². The molecule has 0 bridgehead atoms. The molecule has 0 aliphatic carbocycles. The van der Waals surface area contributed by atoms with Crippen molar-refractivity contribution in [3.63, 3.8) is 0 Å². The predicted octanol–water partition coefficient (Wildman–Crippen LogP) is 1.22. The van der Waals surface area contributed by atoms with E-state index in [9.17, 15) is 5.11 Å². The molecule has 5 atom stereocenters. The lowest BCUT2D eigenvalue weighted by molar-refractivity contribution is -0.334. The summed E-state index contributed by atoms with van der Waals surface area (Å²) < 4.78 is 22.3. The Labute approximate surface area is 112 Å². The van der Waals surface area contributed by atoms with E-state index in [1.54, 1.807) is 7.11 Å². The zero-order valence-corrected chi connectivity index (χ0v) is 10.8. The van der Waals surface area contributed by atoms with Crippen LogP contribution in [0.15, 0.2) is 30.3 Å². The molecular formula is C14H18O5. The first kappa shape index (κ1) is 13.0. The highest BCUT2D eigenvalue weighted by molar-refractivity contribution is 5.16. The van der Waals surface area contributed by atoms with E-state index in [-0.39, 0.29) is 12.2 Å². The molecule has 0 amide bonds. The van der Waals surface area contributed by atoms with E-state index in [0.717, 1.165) is 5.56 Å². The van der Waals surface area contributed by atoms with Gasteiger partial charge in [-0.2, -0.15) is 0 Å². The molecule has 1 N–H and O–H groups in total. The van der Waals surface area contributed by atoms with Crippen LogP contribution in [0.4, 0.5) is 0 Å². The van der Waals surface area contributed by atoms with E-state index in [0.29, 0.717) is 13.0 Å². The first-order valence-electron chi connectivity index (χ1n) is 6.46. The van der Waals surface area contributed by atoms with Gasteiger partial charge in [-0.05, 0) is 0 Å². The SMILES string of the molecule is CO[C@@H]1C[C@H](O)[C@@H]2O[C@H](c3ccccc3)OC[C@H]2O1. The van der Waals surface area contributed by atoms with Crippen LogP contribution >= 0.6 is 0 Å². The Balaban J connectivity index is 1.70. The normalized spacial score (nSPS) is 38.7. The van der Waals surface area contributed by atoms with Gasteiger partial charge in [0.2, 0.25) is 0 Å². The fourth-order valence-corrected chi connectivity index (χ4v) is 2.52. The highest BCUT2D eigenvalue weighted by Crippen LogP contribution is 2.33. The molecule has 0 unspecified atom stereocenters. The summed E-state index contributed by atoms with van der Waals surface area (Å²) in [6.45, 7) is 0.390. The number of aliphatic hydroxyl groups excluding tert-OH is 1. The van der Waals surface area contributed by atoms with Crippen molar-refractivity contribution in [2.45, 2.75) is 37.3 Å². The Kier molecular flexibility index (Phi) is 3.81. The topological polar surface area (TPSA) is 57.2 Å². The van der Waals surface area contributed by atoms with Crippen molar-refractivity contribution in [3.05, 3.63) is 35.9 Å². The van der Waals surface area contributed by atoms with Gasteiger partial charge in [-0.25, -0.2) is 0 Å². The van der Waals surface area contributed by atoms with Gasteiger partial charge in [0.1, 0.15) is 12.2 Å². The lowest BCUT2D eigenvalue weighted by atomic mass is 10.0. The smallest absolute Gasteiger partial charge is 0.184 e. The highest BCUT2D eigenvalue weighted by Gasteiger charge is 2.43. The van der Waals surface area contributed by atoms with Crippen LogP contribution in [-0.4, -0.2) is 43.4 Å². The van der Waals surface area contributed by atoms with Crippen LogP contribution in [0.1, 0.15) is 18.3 Å². The predicted molar refractivity (Wildman–Crippen MR) is 66.3 cm³/mol. The summed E-state index contributed by atoms with van der Waals surface area (Å²) in [6, 6.07) is 9.70. The number of ether oxygens (including phenoxy) is 4. The first-order chi connectivity index (χ1) is 9.28. The number of hydrogen-bond acceptors (Lipinski definition) is 5. The molecular weight excluding hydrogens is 248 g/mol. The van der Waals surface area contributed by atoms with Gasteiger partial charge in [0.15, 0.2) is 12.6 Å². The average molecular weight is 266 g/mol. The number of aliphatic hydroxyl groups is 1. The van der Waals surface area contributed by atoms with Crippen LogP contribution < -0.4 is 0 Å². The van der Waals surface area contributed by atoms with Crippen molar-refractivity contribution >= 4 is 0 Å². The van der Waals surface area contributed by atoms with Gasteiger partial charge in [-0.15, -0.1) is 0 Å². The summed E-state index contributed by atoms with van der Waals surface area (Å²) in [7, 11) is 1.56. The van der Waals surface area contributed by atoms with E-state index >= 15 is 0 Å². The molecule has 2 aliphatic heterocycles. The van der Waals surface area contributed by atoms with Gasteiger partial charge in [0.05, 0.1) is 12.7 Å². The minimum atomic E-state index is -0.598. The third-order valence-corrected chi connectivity index (χ3v) is 3.53. The Morgan fingerprint density at radius 3 is 2.74 bits per heavy atom. The fourth-order valence-electron chi connectivity index (χ4n) is 2.52. The Morgan fingerprint density at radius 2 is 2.00 bits per heavy atom. The van der Waals surface area contributed by atoms with Crippen molar-refractivity contribution in [2.75, 3.05) is 13.7 Å². The van der Waals surface area contributed by atoms with Crippen molar-refractivity contribution in [1.82, 2.24) is 0 Å². The number of fused-ring (bicyclic) bond motifs is 1. The lowest BCUT2D eigenvalue weighted by Crippen LogP contribution is -2.55. The maximum absolute atomic E-state index is 10.1. The molecule has 2 aliphatic rings. The van der Waals surface area contributed by atoms with Gasteiger partial charge < -0.3 is 24.1 Å². The number of methoxy groups -OCH3 is 1. The van der Waals surface area contributed by atoms with E-state index in [4.69, 9.17) is 18.9 Å². The standard InChI is InChI=1S/C14H18O5/c1-16-12-7-10(15)13-11(18-12)8-17-14(19-13)9-5-3-2-4-6-9/h2-6,10-15H,7-8H2,1H3/t10-,11+,12-,13-,14+/m0/s1. The molecule has 0 saturated carbocycles. The average Bonchev–Trinajstić information content (AvgIpc) is 2.47. The third-order valence-electron chi connectivity index (χ3n) is 3.53. The Hall–Kier alpha value is -0.980. The van der Waals surface area contributed by atoms with Crippen LogP contribution in [0, 0.1) is 0 Å². The van der Waals surface area contributed by atoms with Crippen LogP contribution in [-0.2, 0) is 18.9 Å². The van der Waals surface area contributed by atoms with Crippen LogP contribution in [0.2, 0.25) is 0 Å². The van der Waals surface area contributed by atoms with Gasteiger partial charge in [-0.1, -0.05) is 30.3 Å². The quantitative estimate of drug-likeness (QED) is 0.872. The molecule has 2 saturated heterocycles. The summed E-state index contributed by atoms with van der Waals surface area (Å²) in [5, 5.41) is 10.1. The summed E-state index contributed by atoms with van der Waals surface area (Å²) >= 11 is 0. The van der Waals surface area contributed by atoms with Crippen molar-refractivity contribution < 1.29 is 24.1 Å². The molecule has 2 fully saturated rings. The maximum atomic E-state index is 10.1. The highest BCUT2D eigenvalue weighted by atomic mass is 16.7. The zero-order chi connectivity index (χ0) is 13.2. The van der Waals surface area contributed by atoms with E-state index in [2.05, 4.69) is 0 Å². The second-order valence-electron chi connectivity index (χ2n) is 4.82. The van der Waals surface area contributed by atoms with Gasteiger partial charge in [0, 0.05) is 19.1 Å². The minimum Gasteiger partial charge on any atom is -0.390 e. The molecule has 0 aromatic heterocycles. The summed E-state index contributed by atoms with van der Waals surface area (Å²) in [4.78, 5) is 0. The second-order valence-corrected chi connectivity index (χ2v) is 4.82. The van der Waals surface area contributed by atoms with Crippen LogP contribution in [0.25, 0.3) is 0 Å². The van der Waals surface area contributed by atoms with Crippen molar-refractivity contribution in [1.29, 1.82) is 0 Å². The molecule has 1 aromatic rings. The van der Waals surface area contributed by atoms with E-state index < -0.39 is 18.7 Å². The maximum Gasteiger partial charge on any atom is 0.184 e. The largest absolute Gasteiger partial charge is 0.390 e. The summed E-state index contributed by atoms with van der Waals surface area (Å²) in [6.07, 6.45) is -1.67. The van der Waals surface area contributed by atoms with Crippen LogP contribution in [0.3, 0.4) is 0 Å². The number of rotatable bonds is 2. The summed E-state index contributed by atoms with van der Waals surface area (Å²) in [5.41, 5.74) is 0.946. The number of hydrogen-bond donors (Lipinski definition) is 1. The molecule has 5 nitrogen and oxygen atoms in total. The molecule has 0 radical (unpaired) electrons. The number of benzene rings is 1. The van der Waals surface area contributed by atoms with Crippen molar-refractivity contribution in [2.24, 2.45) is 0 Å². The van der Waals surface area contributed by atoms with Gasteiger partial charge in [0.25, 0.3) is 0 Å². The molecule has 5 heteroatoms. The lowest BCUT2D eigenvalue weighted by Gasteiger charge is -2.43. The molecule has 2 heterocycles. The fraction of sp³-hybridized carbons (Fsp3) is 0.571. The van der Waals surface area contributed by atoms with E-state index in [1.807, 2.05) is 30.3 Å². The molecule has 19 heavy (non-hydrogen) atoms.